The van der Waals surface area contributed by atoms with Crippen LogP contribution in [0.5, 0.6) is 5.75 Å². The average Bonchev–Trinajstić information content (AvgIpc) is 2.56. The summed E-state index contributed by atoms with van der Waals surface area (Å²) in [4.78, 5) is 0. The lowest BCUT2D eigenvalue weighted by atomic mass is 9.87. The van der Waals surface area contributed by atoms with Crippen molar-refractivity contribution in [2.45, 2.75) is 64.6 Å². The van der Waals surface area contributed by atoms with Gasteiger partial charge in [-0.25, -0.2) is 0 Å². The van der Waals surface area contributed by atoms with Crippen molar-refractivity contribution in [2.75, 3.05) is 0 Å². The largest absolute Gasteiger partial charge is 0.508 e. The van der Waals surface area contributed by atoms with Gasteiger partial charge in [0.2, 0.25) is 0 Å². The molecule has 2 rings (SSSR count). The van der Waals surface area contributed by atoms with Gasteiger partial charge in [-0.15, -0.1) is 0 Å². The van der Waals surface area contributed by atoms with Crippen LogP contribution in [-0.4, -0.2) is 13.2 Å². The average molecular weight is 341 g/mol. The summed E-state index contributed by atoms with van der Waals surface area (Å²) in [6.45, 7) is 11.8. The Morgan fingerprint density at radius 3 is 1.88 bits per heavy atom. The lowest BCUT2D eigenvalue weighted by molar-refractivity contribution is 0.474. The zero-order chi connectivity index (χ0) is 17.7. The SMILES string of the molecule is CCC(CCC(C)c1ccc([Si](C)(C)C)cc1)c1ccc(O)cc1. The number of hydrogen-bond donors (Lipinski definition) is 1. The van der Waals surface area contributed by atoms with Crippen molar-refractivity contribution in [3.63, 3.8) is 0 Å². The van der Waals surface area contributed by atoms with Crippen LogP contribution in [0.4, 0.5) is 0 Å². The number of phenolic OH excluding ortho intramolecular Hbond substituents is 1. The molecule has 2 atom stereocenters. The molecule has 0 fully saturated rings. The molecule has 0 heterocycles. The second kappa shape index (κ2) is 8.02. The van der Waals surface area contributed by atoms with Crippen LogP contribution in [0.2, 0.25) is 19.6 Å². The van der Waals surface area contributed by atoms with E-state index in [1.165, 1.54) is 29.2 Å². The summed E-state index contributed by atoms with van der Waals surface area (Å²) >= 11 is 0. The van der Waals surface area contributed by atoms with Crippen LogP contribution in [-0.2, 0) is 0 Å². The second-order valence-corrected chi connectivity index (χ2v) is 13.1. The number of benzene rings is 2. The van der Waals surface area contributed by atoms with E-state index in [9.17, 15) is 5.11 Å². The van der Waals surface area contributed by atoms with Crippen LogP contribution in [0.25, 0.3) is 0 Å². The predicted octanol–water partition coefficient (Wildman–Crippen LogP) is 6.01. The first-order valence-corrected chi connectivity index (χ1v) is 12.7. The van der Waals surface area contributed by atoms with E-state index in [0.717, 1.165) is 6.42 Å². The smallest absolute Gasteiger partial charge is 0.115 e. The van der Waals surface area contributed by atoms with E-state index >= 15 is 0 Å². The Bertz CT molecular complexity index is 623. The third-order valence-electron chi connectivity index (χ3n) is 5.15. The number of aromatic hydroxyl groups is 1. The fourth-order valence-electron chi connectivity index (χ4n) is 3.28. The molecule has 2 heteroatoms. The zero-order valence-corrected chi connectivity index (χ0v) is 16.8. The van der Waals surface area contributed by atoms with E-state index in [0.29, 0.717) is 17.6 Å². The van der Waals surface area contributed by atoms with Gasteiger partial charge in [-0.1, -0.05) is 75.1 Å². The number of phenols is 1. The van der Waals surface area contributed by atoms with Crippen molar-refractivity contribution < 1.29 is 5.11 Å². The van der Waals surface area contributed by atoms with E-state index in [4.69, 9.17) is 0 Å². The highest BCUT2D eigenvalue weighted by Crippen LogP contribution is 2.30. The maximum atomic E-state index is 9.46. The third kappa shape index (κ3) is 4.97. The second-order valence-electron chi connectivity index (χ2n) is 8.05. The van der Waals surface area contributed by atoms with Crippen molar-refractivity contribution >= 4 is 13.3 Å². The van der Waals surface area contributed by atoms with Gasteiger partial charge in [-0.05, 0) is 54.4 Å². The molecule has 0 bridgehead atoms. The van der Waals surface area contributed by atoms with Crippen molar-refractivity contribution in [3.8, 4) is 5.75 Å². The first-order valence-electron chi connectivity index (χ1n) is 9.20. The maximum absolute atomic E-state index is 9.46. The van der Waals surface area contributed by atoms with Crippen molar-refractivity contribution in [1.29, 1.82) is 0 Å². The van der Waals surface area contributed by atoms with Gasteiger partial charge < -0.3 is 5.11 Å². The molecule has 0 amide bonds. The lowest BCUT2D eigenvalue weighted by Crippen LogP contribution is -2.37. The zero-order valence-electron chi connectivity index (χ0n) is 15.8. The first kappa shape index (κ1) is 18.8. The quantitative estimate of drug-likeness (QED) is 0.611. The van der Waals surface area contributed by atoms with Crippen molar-refractivity contribution in [1.82, 2.24) is 0 Å². The van der Waals surface area contributed by atoms with E-state index in [1.807, 2.05) is 0 Å². The van der Waals surface area contributed by atoms with Gasteiger partial charge in [0.25, 0.3) is 0 Å². The Labute approximate surface area is 148 Å². The molecule has 130 valence electrons. The molecule has 0 aromatic heterocycles. The summed E-state index contributed by atoms with van der Waals surface area (Å²) in [6, 6.07) is 17.1. The van der Waals surface area contributed by atoms with Gasteiger partial charge in [-0.2, -0.15) is 0 Å². The molecule has 0 aliphatic heterocycles. The molecule has 2 unspecified atom stereocenters. The fourth-order valence-corrected chi connectivity index (χ4v) is 4.45. The Morgan fingerprint density at radius 2 is 1.38 bits per heavy atom. The monoisotopic (exact) mass is 340 g/mol. The van der Waals surface area contributed by atoms with Crippen LogP contribution in [0.15, 0.2) is 48.5 Å². The molecule has 0 saturated heterocycles. The van der Waals surface area contributed by atoms with E-state index in [2.05, 4.69) is 69.9 Å². The van der Waals surface area contributed by atoms with Crippen LogP contribution in [0.1, 0.15) is 56.1 Å². The molecule has 24 heavy (non-hydrogen) atoms. The minimum Gasteiger partial charge on any atom is -0.508 e. The Hall–Kier alpha value is -1.54. The molecule has 0 spiro atoms. The standard InChI is InChI=1S/C22H32OSi/c1-6-18(20-9-13-21(23)14-10-20)8-7-17(2)19-11-15-22(16-12-19)24(3,4)5/h9-18,23H,6-8H2,1-5H3. The number of rotatable bonds is 7. The summed E-state index contributed by atoms with van der Waals surface area (Å²) < 4.78 is 0. The van der Waals surface area contributed by atoms with Crippen molar-refractivity contribution in [3.05, 3.63) is 59.7 Å². The third-order valence-corrected chi connectivity index (χ3v) is 7.22. The molecule has 1 N–H and O–H groups in total. The van der Waals surface area contributed by atoms with Crippen LogP contribution in [0.3, 0.4) is 0 Å². The van der Waals surface area contributed by atoms with Gasteiger partial charge in [0.15, 0.2) is 0 Å². The Morgan fingerprint density at radius 1 is 0.833 bits per heavy atom. The van der Waals surface area contributed by atoms with Gasteiger partial charge in [0, 0.05) is 0 Å². The summed E-state index contributed by atoms with van der Waals surface area (Å²) in [5.41, 5.74) is 2.80. The van der Waals surface area contributed by atoms with Crippen LogP contribution < -0.4 is 5.19 Å². The topological polar surface area (TPSA) is 20.2 Å². The molecular formula is C22H32OSi. The van der Waals surface area contributed by atoms with Gasteiger partial charge in [-0.3, -0.25) is 0 Å². The lowest BCUT2D eigenvalue weighted by Gasteiger charge is -2.20. The van der Waals surface area contributed by atoms with Gasteiger partial charge in [0.05, 0.1) is 8.07 Å². The van der Waals surface area contributed by atoms with Crippen molar-refractivity contribution in [2.24, 2.45) is 0 Å². The van der Waals surface area contributed by atoms with Crippen LogP contribution in [0, 0.1) is 0 Å². The minimum atomic E-state index is -1.20. The van der Waals surface area contributed by atoms with E-state index < -0.39 is 8.07 Å². The molecule has 0 radical (unpaired) electrons. The molecular weight excluding hydrogens is 308 g/mol. The normalized spacial score (nSPS) is 14.4. The van der Waals surface area contributed by atoms with E-state index in [-0.39, 0.29) is 0 Å². The fraction of sp³-hybridized carbons (Fsp3) is 0.455. The van der Waals surface area contributed by atoms with Crippen LogP contribution >= 0.6 is 0 Å². The highest BCUT2D eigenvalue weighted by molar-refractivity contribution is 6.88. The van der Waals surface area contributed by atoms with E-state index in [1.54, 1.807) is 12.1 Å². The molecule has 2 aromatic carbocycles. The molecule has 0 saturated carbocycles. The highest BCUT2D eigenvalue weighted by atomic mass is 28.3. The first-order chi connectivity index (χ1) is 11.3. The molecule has 0 aliphatic carbocycles. The Kier molecular flexibility index (Phi) is 6.28. The van der Waals surface area contributed by atoms with Gasteiger partial charge in [0.1, 0.15) is 5.75 Å². The summed E-state index contributed by atoms with van der Waals surface area (Å²) in [5.74, 6) is 1.52. The predicted molar refractivity (Wildman–Crippen MR) is 108 cm³/mol. The summed E-state index contributed by atoms with van der Waals surface area (Å²) in [5, 5.41) is 11.0. The summed E-state index contributed by atoms with van der Waals surface area (Å²) in [6.07, 6.45) is 3.54. The molecule has 2 aromatic rings. The molecule has 0 aliphatic rings. The number of hydrogen-bond acceptors (Lipinski definition) is 1. The summed E-state index contributed by atoms with van der Waals surface area (Å²) in [7, 11) is -1.20. The van der Waals surface area contributed by atoms with Gasteiger partial charge >= 0.3 is 0 Å². The molecule has 1 nitrogen and oxygen atoms in total. The Balaban J connectivity index is 1.98. The highest BCUT2D eigenvalue weighted by Gasteiger charge is 2.17. The minimum absolute atomic E-state index is 0.351. The maximum Gasteiger partial charge on any atom is 0.115 e.